The molecule has 1 unspecified atom stereocenters. The highest BCUT2D eigenvalue weighted by Crippen LogP contribution is 2.30. The van der Waals surface area contributed by atoms with Crippen LogP contribution in [0.2, 0.25) is 0 Å². The van der Waals surface area contributed by atoms with Crippen LogP contribution >= 0.6 is 24.0 Å². The first-order valence-corrected chi connectivity index (χ1v) is 8.59. The number of rotatable bonds is 6. The molecule has 1 atom stereocenters. The number of ether oxygens (including phenoxy) is 1. The van der Waals surface area contributed by atoms with Crippen molar-refractivity contribution in [3.63, 3.8) is 0 Å². The minimum atomic E-state index is -0.455. The van der Waals surface area contributed by atoms with E-state index in [1.807, 2.05) is 32.0 Å². The zero-order valence-corrected chi connectivity index (χ0v) is 15.1. The van der Waals surface area contributed by atoms with Crippen LogP contribution in [-0.2, 0) is 14.3 Å². The fourth-order valence-corrected chi connectivity index (χ4v) is 3.93. The average molecular weight is 352 g/mol. The van der Waals surface area contributed by atoms with Crippen LogP contribution in [-0.4, -0.2) is 46.5 Å². The summed E-state index contributed by atoms with van der Waals surface area (Å²) in [5.74, 6) is -0.293. The summed E-state index contributed by atoms with van der Waals surface area (Å²) in [4.78, 5) is 26.1. The number of nitrogens with one attached hydrogen (secondary N) is 1. The predicted molar refractivity (Wildman–Crippen MR) is 96.7 cm³/mol. The fourth-order valence-electron chi connectivity index (χ4n) is 2.38. The van der Waals surface area contributed by atoms with Gasteiger partial charge in [-0.1, -0.05) is 42.2 Å². The molecule has 1 aliphatic heterocycles. The molecule has 1 saturated heterocycles. The van der Waals surface area contributed by atoms with Crippen molar-refractivity contribution < 1.29 is 14.3 Å². The second-order valence-corrected chi connectivity index (χ2v) is 7.21. The Morgan fingerprint density at radius 1 is 1.39 bits per heavy atom. The molecule has 0 spiro atoms. The van der Waals surface area contributed by atoms with Gasteiger partial charge in [-0.05, 0) is 25.0 Å². The number of hydrogen-bond acceptors (Lipinski definition) is 5. The molecule has 0 radical (unpaired) electrons. The van der Waals surface area contributed by atoms with Gasteiger partial charge in [-0.15, -0.1) is 0 Å². The van der Waals surface area contributed by atoms with E-state index in [9.17, 15) is 9.59 Å². The van der Waals surface area contributed by atoms with Crippen LogP contribution in [0.1, 0.15) is 17.5 Å². The summed E-state index contributed by atoms with van der Waals surface area (Å²) in [6.07, 6.45) is 0.112. The van der Waals surface area contributed by atoms with Crippen LogP contribution in [0.5, 0.6) is 0 Å². The lowest BCUT2D eigenvalue weighted by Crippen LogP contribution is -2.35. The summed E-state index contributed by atoms with van der Waals surface area (Å²) in [5, 5.41) is 2.45. The van der Waals surface area contributed by atoms with Gasteiger partial charge in [-0.25, -0.2) is 0 Å². The highest BCUT2D eigenvalue weighted by atomic mass is 32.2. The molecule has 0 bridgehead atoms. The second-order valence-electron chi connectivity index (χ2n) is 5.37. The van der Waals surface area contributed by atoms with Gasteiger partial charge in [0.1, 0.15) is 4.32 Å². The summed E-state index contributed by atoms with van der Waals surface area (Å²) in [5.41, 5.74) is 2.81. The van der Waals surface area contributed by atoms with Crippen LogP contribution in [0.3, 0.4) is 0 Å². The maximum absolute atomic E-state index is 12.3. The lowest BCUT2D eigenvalue weighted by molar-refractivity contribution is -0.128. The molecule has 7 heteroatoms. The van der Waals surface area contributed by atoms with E-state index in [-0.39, 0.29) is 18.2 Å². The third-order valence-corrected chi connectivity index (χ3v) is 5.22. The molecule has 0 aromatic heterocycles. The zero-order valence-electron chi connectivity index (χ0n) is 13.4. The lowest BCUT2D eigenvalue weighted by atomic mass is 10.1. The van der Waals surface area contributed by atoms with E-state index in [1.54, 1.807) is 7.11 Å². The van der Waals surface area contributed by atoms with Gasteiger partial charge in [-0.2, -0.15) is 0 Å². The third kappa shape index (κ3) is 4.31. The first-order valence-electron chi connectivity index (χ1n) is 7.31. The Hall–Kier alpha value is -1.44. The number of amides is 2. The monoisotopic (exact) mass is 352 g/mol. The first-order chi connectivity index (χ1) is 10.9. The van der Waals surface area contributed by atoms with Crippen LogP contribution in [0.25, 0.3) is 0 Å². The first kappa shape index (κ1) is 17.9. The van der Waals surface area contributed by atoms with Crippen molar-refractivity contribution in [2.24, 2.45) is 0 Å². The Morgan fingerprint density at radius 3 is 2.65 bits per heavy atom. The van der Waals surface area contributed by atoms with E-state index >= 15 is 0 Å². The molecule has 1 aromatic rings. The molecule has 124 valence electrons. The number of carbonyl (C=O) groups is 2. The van der Waals surface area contributed by atoms with Crippen LogP contribution in [0.4, 0.5) is 5.69 Å². The van der Waals surface area contributed by atoms with Crippen molar-refractivity contribution in [2.75, 3.05) is 25.6 Å². The van der Waals surface area contributed by atoms with Crippen molar-refractivity contribution in [3.8, 4) is 0 Å². The highest BCUT2D eigenvalue weighted by Gasteiger charge is 2.37. The number of aryl methyl sites for hydroxylation is 2. The number of thioether (sulfide) groups is 1. The number of methoxy groups -OCH3 is 1. The molecule has 5 nitrogen and oxygen atoms in total. The molecular formula is C16H20N2O3S2. The summed E-state index contributed by atoms with van der Waals surface area (Å²) in [6, 6.07) is 5.84. The maximum atomic E-state index is 12.3. The van der Waals surface area contributed by atoms with Crippen LogP contribution in [0, 0.1) is 13.8 Å². The highest BCUT2D eigenvalue weighted by molar-refractivity contribution is 8.24. The van der Waals surface area contributed by atoms with E-state index in [0.29, 0.717) is 17.5 Å². The standard InChI is InChI=1S/C16H20N2O3S2/c1-10-5-4-6-11(2)14(10)17-13(19)9-12-15(20)18(7-8-21-3)16(22)23-12/h4-6,12H,7-9H2,1-3H3,(H,17,19). The average Bonchev–Trinajstić information content (AvgIpc) is 2.75. The Balaban J connectivity index is 1.98. The van der Waals surface area contributed by atoms with Crippen molar-refractivity contribution in [1.82, 2.24) is 4.90 Å². The van der Waals surface area contributed by atoms with Crippen molar-refractivity contribution >= 4 is 45.8 Å². The van der Waals surface area contributed by atoms with Gasteiger partial charge < -0.3 is 10.1 Å². The number of para-hydroxylation sites is 1. The molecule has 2 rings (SSSR count). The zero-order chi connectivity index (χ0) is 17.0. The minimum Gasteiger partial charge on any atom is -0.383 e. The maximum Gasteiger partial charge on any atom is 0.242 e. The van der Waals surface area contributed by atoms with Crippen molar-refractivity contribution in [2.45, 2.75) is 25.5 Å². The van der Waals surface area contributed by atoms with E-state index in [2.05, 4.69) is 5.32 Å². The Kier molecular flexibility index (Phi) is 6.15. The van der Waals surface area contributed by atoms with Gasteiger partial charge in [0, 0.05) is 19.2 Å². The molecule has 0 saturated carbocycles. The number of nitrogens with zero attached hydrogens (tertiary/aromatic N) is 1. The predicted octanol–water partition coefficient (Wildman–Crippen LogP) is 2.51. The summed E-state index contributed by atoms with van der Waals surface area (Å²) >= 11 is 6.48. The number of hydrogen-bond donors (Lipinski definition) is 1. The number of anilines is 1. The lowest BCUT2D eigenvalue weighted by Gasteiger charge is -2.15. The fraction of sp³-hybridized carbons (Fsp3) is 0.438. The SMILES string of the molecule is COCCN1C(=O)C(CC(=O)Nc2c(C)cccc2C)SC1=S. The van der Waals surface area contributed by atoms with Gasteiger partial charge in [0.2, 0.25) is 11.8 Å². The van der Waals surface area contributed by atoms with E-state index in [1.165, 1.54) is 16.7 Å². The molecule has 0 aliphatic carbocycles. The van der Waals surface area contributed by atoms with Crippen LogP contribution < -0.4 is 5.32 Å². The van der Waals surface area contributed by atoms with Gasteiger partial charge >= 0.3 is 0 Å². The normalized spacial score (nSPS) is 17.7. The van der Waals surface area contributed by atoms with E-state index < -0.39 is 5.25 Å². The second kappa shape index (κ2) is 7.90. The Labute approximate surface area is 145 Å². The van der Waals surface area contributed by atoms with Crippen molar-refractivity contribution in [3.05, 3.63) is 29.3 Å². The molecule has 1 fully saturated rings. The molecular weight excluding hydrogens is 332 g/mol. The van der Waals surface area contributed by atoms with Gasteiger partial charge in [0.05, 0.1) is 18.4 Å². The number of carbonyl (C=O) groups excluding carboxylic acids is 2. The molecule has 1 N–H and O–H groups in total. The molecule has 1 aliphatic rings. The molecule has 1 aromatic carbocycles. The summed E-state index contributed by atoms with van der Waals surface area (Å²) < 4.78 is 5.49. The molecule has 23 heavy (non-hydrogen) atoms. The quantitative estimate of drug-likeness (QED) is 0.797. The van der Waals surface area contributed by atoms with Crippen molar-refractivity contribution in [1.29, 1.82) is 0 Å². The minimum absolute atomic E-state index is 0.112. The van der Waals surface area contributed by atoms with Gasteiger partial charge in [-0.3, -0.25) is 14.5 Å². The molecule has 1 heterocycles. The summed E-state index contributed by atoms with van der Waals surface area (Å²) in [6.45, 7) is 4.74. The Bertz CT molecular complexity index is 614. The summed E-state index contributed by atoms with van der Waals surface area (Å²) in [7, 11) is 1.58. The largest absolute Gasteiger partial charge is 0.383 e. The number of benzene rings is 1. The number of thiocarbonyl (C=S) groups is 1. The van der Waals surface area contributed by atoms with Crippen LogP contribution in [0.15, 0.2) is 18.2 Å². The van der Waals surface area contributed by atoms with Gasteiger partial charge in [0.15, 0.2) is 0 Å². The van der Waals surface area contributed by atoms with Gasteiger partial charge in [0.25, 0.3) is 0 Å². The third-order valence-electron chi connectivity index (χ3n) is 3.64. The smallest absolute Gasteiger partial charge is 0.242 e. The van der Waals surface area contributed by atoms with E-state index in [4.69, 9.17) is 17.0 Å². The Morgan fingerprint density at radius 2 is 2.04 bits per heavy atom. The van der Waals surface area contributed by atoms with E-state index in [0.717, 1.165) is 16.8 Å². The molecule has 2 amide bonds. The topological polar surface area (TPSA) is 58.6 Å².